The highest BCUT2D eigenvalue weighted by atomic mass is 16.4. The van der Waals surface area contributed by atoms with E-state index in [-0.39, 0.29) is 5.69 Å². The Morgan fingerprint density at radius 2 is 2.05 bits per heavy atom. The van der Waals surface area contributed by atoms with Gasteiger partial charge in [0.25, 0.3) is 0 Å². The predicted molar refractivity (Wildman–Crippen MR) is 83.8 cm³/mol. The topological polar surface area (TPSA) is 55.1 Å². The molecule has 1 N–H and O–H groups in total. The van der Waals surface area contributed by atoms with Crippen LogP contribution in [0, 0.1) is 0 Å². The van der Waals surface area contributed by atoms with Crippen LogP contribution in [0.4, 0.5) is 0 Å². The first kappa shape index (κ1) is 13.6. The number of nitrogens with zero attached hydrogens (tertiary/aromatic N) is 2. The maximum atomic E-state index is 11.2. The van der Waals surface area contributed by atoms with Gasteiger partial charge in [0.05, 0.1) is 11.7 Å². The molecule has 2 aromatic heterocycles. The summed E-state index contributed by atoms with van der Waals surface area (Å²) in [5, 5.41) is 11.2. The summed E-state index contributed by atoms with van der Waals surface area (Å²) in [4.78, 5) is 15.2. The molecule has 108 valence electrons. The second kappa shape index (κ2) is 5.20. The normalized spacial score (nSPS) is 12.9. The Morgan fingerprint density at radius 1 is 1.29 bits per heavy atom. The fraction of sp³-hybridized carbons (Fsp3) is 0.294. The first-order valence-corrected chi connectivity index (χ1v) is 7.25. The van der Waals surface area contributed by atoms with E-state index in [1.165, 1.54) is 0 Å². The SMILES string of the molecule is CCCC(C)n1c2ccccc2c2cc(C(=O)O)ncc21. The largest absolute Gasteiger partial charge is 0.477 e. The van der Waals surface area contributed by atoms with Gasteiger partial charge >= 0.3 is 5.97 Å². The minimum atomic E-state index is -0.990. The zero-order chi connectivity index (χ0) is 15.0. The molecule has 0 aliphatic carbocycles. The highest BCUT2D eigenvalue weighted by molar-refractivity contribution is 6.09. The van der Waals surface area contributed by atoms with Gasteiger partial charge in [-0.2, -0.15) is 0 Å². The lowest BCUT2D eigenvalue weighted by Gasteiger charge is -2.15. The number of aromatic nitrogens is 2. The molecule has 0 amide bonds. The summed E-state index contributed by atoms with van der Waals surface area (Å²) in [6, 6.07) is 10.2. The average molecular weight is 282 g/mol. The molecule has 4 nitrogen and oxygen atoms in total. The third-order valence-corrected chi connectivity index (χ3v) is 3.96. The van der Waals surface area contributed by atoms with Gasteiger partial charge in [-0.05, 0) is 25.5 Å². The molecule has 0 radical (unpaired) electrons. The molecule has 0 fully saturated rings. The van der Waals surface area contributed by atoms with Gasteiger partial charge in [0, 0.05) is 22.3 Å². The van der Waals surface area contributed by atoms with E-state index in [0.29, 0.717) is 6.04 Å². The van der Waals surface area contributed by atoms with Gasteiger partial charge in [-0.25, -0.2) is 9.78 Å². The van der Waals surface area contributed by atoms with Gasteiger partial charge in [0.1, 0.15) is 5.69 Å². The maximum Gasteiger partial charge on any atom is 0.354 e. The molecule has 0 aliphatic rings. The molecule has 0 saturated carbocycles. The summed E-state index contributed by atoms with van der Waals surface area (Å²) < 4.78 is 2.27. The number of benzene rings is 1. The fourth-order valence-electron chi connectivity index (χ4n) is 3.04. The van der Waals surface area contributed by atoms with Crippen LogP contribution in [0.1, 0.15) is 43.2 Å². The highest BCUT2D eigenvalue weighted by Crippen LogP contribution is 2.32. The number of hydrogen-bond donors (Lipinski definition) is 1. The number of carboxylic acids is 1. The second-order valence-electron chi connectivity index (χ2n) is 5.42. The van der Waals surface area contributed by atoms with Crippen molar-refractivity contribution in [3.63, 3.8) is 0 Å². The van der Waals surface area contributed by atoms with E-state index in [0.717, 1.165) is 34.6 Å². The maximum absolute atomic E-state index is 11.2. The molecule has 1 atom stereocenters. The van der Waals surface area contributed by atoms with E-state index in [1.54, 1.807) is 12.3 Å². The third kappa shape index (κ3) is 2.17. The van der Waals surface area contributed by atoms with Crippen molar-refractivity contribution < 1.29 is 9.90 Å². The molecule has 1 aromatic carbocycles. The van der Waals surface area contributed by atoms with E-state index in [2.05, 4.69) is 29.5 Å². The minimum absolute atomic E-state index is 0.0912. The van der Waals surface area contributed by atoms with Crippen LogP contribution < -0.4 is 0 Å². The van der Waals surface area contributed by atoms with Crippen molar-refractivity contribution in [3.8, 4) is 0 Å². The Morgan fingerprint density at radius 3 is 2.76 bits per heavy atom. The van der Waals surface area contributed by atoms with Crippen LogP contribution in [0.5, 0.6) is 0 Å². The van der Waals surface area contributed by atoms with Crippen LogP contribution in [0.3, 0.4) is 0 Å². The highest BCUT2D eigenvalue weighted by Gasteiger charge is 2.16. The van der Waals surface area contributed by atoms with Crippen molar-refractivity contribution in [2.75, 3.05) is 0 Å². The molecule has 1 unspecified atom stereocenters. The lowest BCUT2D eigenvalue weighted by Crippen LogP contribution is -2.05. The van der Waals surface area contributed by atoms with Gasteiger partial charge in [-0.3, -0.25) is 0 Å². The molecular formula is C17H18N2O2. The quantitative estimate of drug-likeness (QED) is 0.778. The number of pyridine rings is 1. The fourth-order valence-corrected chi connectivity index (χ4v) is 3.04. The van der Waals surface area contributed by atoms with Crippen LogP contribution in [0.15, 0.2) is 36.5 Å². The molecule has 0 saturated heterocycles. The van der Waals surface area contributed by atoms with Crippen LogP contribution >= 0.6 is 0 Å². The molecule has 0 spiro atoms. The summed E-state index contributed by atoms with van der Waals surface area (Å²) in [5.74, 6) is -0.990. The van der Waals surface area contributed by atoms with Gasteiger partial charge in [-0.1, -0.05) is 31.5 Å². The lowest BCUT2D eigenvalue weighted by atomic mass is 10.1. The standard InChI is InChI=1S/C17H18N2O2/c1-3-6-11(2)19-15-8-5-4-7-12(15)13-9-14(17(20)21)18-10-16(13)19/h4-5,7-11H,3,6H2,1-2H3,(H,20,21). The number of fused-ring (bicyclic) bond motifs is 3. The number of rotatable bonds is 4. The Labute approximate surface area is 123 Å². The summed E-state index contributed by atoms with van der Waals surface area (Å²) in [7, 11) is 0. The molecule has 0 bridgehead atoms. The molecule has 3 aromatic rings. The van der Waals surface area contributed by atoms with Crippen LogP contribution in [-0.2, 0) is 0 Å². The lowest BCUT2D eigenvalue weighted by molar-refractivity contribution is 0.0690. The van der Waals surface area contributed by atoms with Crippen molar-refractivity contribution in [2.24, 2.45) is 0 Å². The number of hydrogen-bond acceptors (Lipinski definition) is 2. The summed E-state index contributed by atoms with van der Waals surface area (Å²) in [6.07, 6.45) is 3.87. The van der Waals surface area contributed by atoms with Crippen molar-refractivity contribution >= 4 is 27.8 Å². The van der Waals surface area contributed by atoms with Crippen LogP contribution in [-0.4, -0.2) is 20.6 Å². The van der Waals surface area contributed by atoms with Crippen molar-refractivity contribution in [1.29, 1.82) is 0 Å². The van der Waals surface area contributed by atoms with Crippen molar-refractivity contribution in [1.82, 2.24) is 9.55 Å². The smallest absolute Gasteiger partial charge is 0.354 e. The van der Waals surface area contributed by atoms with Gasteiger partial charge in [0.2, 0.25) is 0 Å². The Hall–Kier alpha value is -2.36. The summed E-state index contributed by atoms with van der Waals surface area (Å²) >= 11 is 0. The first-order chi connectivity index (χ1) is 10.1. The summed E-state index contributed by atoms with van der Waals surface area (Å²) in [6.45, 7) is 4.37. The van der Waals surface area contributed by atoms with E-state index in [9.17, 15) is 4.79 Å². The Kier molecular flexibility index (Phi) is 3.37. The van der Waals surface area contributed by atoms with E-state index in [4.69, 9.17) is 5.11 Å². The van der Waals surface area contributed by atoms with Crippen molar-refractivity contribution in [3.05, 3.63) is 42.2 Å². The molecule has 4 heteroatoms. The van der Waals surface area contributed by atoms with Crippen molar-refractivity contribution in [2.45, 2.75) is 32.7 Å². The summed E-state index contributed by atoms with van der Waals surface area (Å²) in [5.41, 5.74) is 2.23. The number of carbonyl (C=O) groups is 1. The van der Waals surface area contributed by atoms with Crippen LogP contribution in [0.2, 0.25) is 0 Å². The molecule has 21 heavy (non-hydrogen) atoms. The van der Waals surface area contributed by atoms with Gasteiger partial charge in [0.15, 0.2) is 0 Å². The minimum Gasteiger partial charge on any atom is -0.477 e. The third-order valence-electron chi connectivity index (χ3n) is 3.96. The zero-order valence-corrected chi connectivity index (χ0v) is 12.2. The van der Waals surface area contributed by atoms with Gasteiger partial charge in [-0.15, -0.1) is 0 Å². The molecular weight excluding hydrogens is 264 g/mol. The average Bonchev–Trinajstić information content (AvgIpc) is 2.81. The number of carboxylic acid groups (broad SMARTS) is 1. The number of aromatic carboxylic acids is 1. The molecule has 0 aliphatic heterocycles. The van der Waals surface area contributed by atoms with Gasteiger partial charge < -0.3 is 9.67 Å². The number of para-hydroxylation sites is 1. The molecule has 3 rings (SSSR count). The van der Waals surface area contributed by atoms with E-state index >= 15 is 0 Å². The predicted octanol–water partition coefficient (Wildman–Crippen LogP) is 4.25. The van der Waals surface area contributed by atoms with E-state index < -0.39 is 5.97 Å². The first-order valence-electron chi connectivity index (χ1n) is 7.25. The molecule has 2 heterocycles. The Balaban J connectivity index is 2.36. The zero-order valence-electron chi connectivity index (χ0n) is 12.2. The second-order valence-corrected chi connectivity index (χ2v) is 5.42. The van der Waals surface area contributed by atoms with Crippen LogP contribution in [0.25, 0.3) is 21.8 Å². The van der Waals surface area contributed by atoms with E-state index in [1.807, 2.05) is 18.2 Å². The monoisotopic (exact) mass is 282 g/mol. The Bertz CT molecular complexity index is 820.